The van der Waals surface area contributed by atoms with Crippen LogP contribution in [0.2, 0.25) is 5.02 Å². The quantitative estimate of drug-likeness (QED) is 0.758. The van der Waals surface area contributed by atoms with Crippen molar-refractivity contribution in [2.24, 2.45) is 0 Å². The van der Waals surface area contributed by atoms with Crippen LogP contribution >= 0.6 is 11.6 Å². The number of aldehydes is 1. The fourth-order valence-corrected chi connectivity index (χ4v) is 2.91. The van der Waals surface area contributed by atoms with Crippen LogP contribution in [-0.4, -0.2) is 20.4 Å². The van der Waals surface area contributed by atoms with E-state index in [1.165, 1.54) is 20.2 Å². The van der Waals surface area contributed by atoms with Gasteiger partial charge in [-0.05, 0) is 36.8 Å². The molecule has 0 spiro atoms. The Morgan fingerprint density at radius 2 is 1.76 bits per heavy atom. The van der Waals surface area contributed by atoms with Gasteiger partial charge < -0.3 is 14.8 Å². The fourth-order valence-electron chi connectivity index (χ4n) is 2.75. The van der Waals surface area contributed by atoms with Crippen molar-refractivity contribution >= 4 is 23.6 Å². The van der Waals surface area contributed by atoms with Crippen LogP contribution in [-0.2, 0) is 16.4 Å². The summed E-state index contributed by atoms with van der Waals surface area (Å²) in [5, 5.41) is 3.17. The van der Waals surface area contributed by atoms with Crippen LogP contribution < -0.4 is 10.1 Å². The van der Waals surface area contributed by atoms with Crippen LogP contribution in [0, 0.1) is 0 Å². The largest absolute Gasteiger partial charge is 0.496 e. The molecule has 0 aliphatic rings. The Bertz CT molecular complexity index is 792. The highest BCUT2D eigenvalue weighted by Gasteiger charge is 2.36. The Morgan fingerprint density at radius 3 is 2.28 bits per heavy atom. The van der Waals surface area contributed by atoms with Gasteiger partial charge in [0.1, 0.15) is 12.0 Å². The second-order valence-electron chi connectivity index (χ2n) is 5.67. The number of hydrogen-bond acceptors (Lipinski definition) is 3. The van der Waals surface area contributed by atoms with Crippen molar-refractivity contribution in [2.45, 2.75) is 18.5 Å². The number of ether oxygens (including phenoxy) is 1. The highest BCUT2D eigenvalue weighted by atomic mass is 35.5. The van der Waals surface area contributed by atoms with Crippen LogP contribution in [0.3, 0.4) is 0 Å². The molecular weight excluding hydrogens is 355 g/mol. The van der Waals surface area contributed by atoms with Crippen molar-refractivity contribution in [3.8, 4) is 5.75 Å². The van der Waals surface area contributed by atoms with Crippen LogP contribution in [0.15, 0.2) is 36.4 Å². The minimum Gasteiger partial charge on any atom is -0.496 e. The Hall–Kier alpha value is -2.21. The molecule has 0 aliphatic heterocycles. The van der Waals surface area contributed by atoms with Gasteiger partial charge in [-0.3, -0.25) is 0 Å². The van der Waals surface area contributed by atoms with E-state index in [0.717, 1.165) is 12.1 Å². The molecule has 0 amide bonds. The van der Waals surface area contributed by atoms with Gasteiger partial charge in [-0.25, -0.2) is 0 Å². The van der Waals surface area contributed by atoms with E-state index < -0.39 is 17.2 Å². The maximum Gasteiger partial charge on any atom is 0.416 e. The lowest BCUT2D eigenvalue weighted by Crippen LogP contribution is -2.27. The third-order valence-corrected chi connectivity index (χ3v) is 4.37. The molecule has 0 radical (unpaired) electrons. The molecule has 3 nitrogen and oxygen atoms in total. The highest BCUT2D eigenvalue weighted by Crippen LogP contribution is 2.42. The molecule has 0 aliphatic carbocycles. The number of methoxy groups -OCH3 is 1. The zero-order valence-corrected chi connectivity index (χ0v) is 14.6. The summed E-state index contributed by atoms with van der Waals surface area (Å²) in [5.74, 6) is 0.379. The molecule has 0 bridgehead atoms. The van der Waals surface area contributed by atoms with E-state index in [0.29, 0.717) is 28.2 Å². The summed E-state index contributed by atoms with van der Waals surface area (Å²) < 4.78 is 44.2. The minimum absolute atomic E-state index is 0.210. The van der Waals surface area contributed by atoms with E-state index in [2.05, 4.69) is 5.32 Å². The SMILES string of the molecule is CNc1cc(C(F)(F)F)ccc1[C@](C)(C=O)c1ccc(Cl)cc1OC. The van der Waals surface area contributed by atoms with Crippen molar-refractivity contribution < 1.29 is 22.7 Å². The van der Waals surface area contributed by atoms with Crippen molar-refractivity contribution in [3.05, 3.63) is 58.1 Å². The second-order valence-corrected chi connectivity index (χ2v) is 6.11. The van der Waals surface area contributed by atoms with Crippen molar-refractivity contribution in [2.75, 3.05) is 19.5 Å². The smallest absolute Gasteiger partial charge is 0.416 e. The first-order chi connectivity index (χ1) is 11.7. The van der Waals surface area contributed by atoms with Gasteiger partial charge in [0.15, 0.2) is 0 Å². The average molecular weight is 372 g/mol. The molecule has 2 rings (SSSR count). The predicted molar refractivity (Wildman–Crippen MR) is 91.5 cm³/mol. The molecule has 2 aromatic carbocycles. The number of carbonyl (C=O) groups is 1. The summed E-state index contributed by atoms with van der Waals surface area (Å²) in [4.78, 5) is 12.0. The molecule has 0 saturated heterocycles. The van der Waals surface area contributed by atoms with E-state index in [1.54, 1.807) is 25.1 Å². The standard InChI is InChI=1S/C18H17ClF3NO2/c1-17(10-24,14-7-5-12(19)9-16(14)25-3)13-6-4-11(18(20,21)22)8-15(13)23-2/h4-10,23H,1-3H3/t17-/m0/s1. The molecule has 1 atom stereocenters. The Kier molecular flexibility index (Phi) is 5.32. The van der Waals surface area contributed by atoms with Gasteiger partial charge in [0.05, 0.1) is 18.1 Å². The molecule has 0 fully saturated rings. The Balaban J connectivity index is 2.70. The number of carbonyl (C=O) groups excluding carboxylic acids is 1. The molecule has 25 heavy (non-hydrogen) atoms. The fraction of sp³-hybridized carbons (Fsp3) is 0.278. The number of anilines is 1. The van der Waals surface area contributed by atoms with Gasteiger partial charge in [0.25, 0.3) is 0 Å². The molecule has 0 saturated carbocycles. The molecule has 0 unspecified atom stereocenters. The Morgan fingerprint density at radius 1 is 1.12 bits per heavy atom. The first-order valence-corrected chi connectivity index (χ1v) is 7.75. The summed E-state index contributed by atoms with van der Waals surface area (Å²) in [6, 6.07) is 8.04. The third kappa shape index (κ3) is 3.58. The zero-order valence-electron chi connectivity index (χ0n) is 13.9. The van der Waals surface area contributed by atoms with Gasteiger partial charge in [-0.2, -0.15) is 13.2 Å². The summed E-state index contributed by atoms with van der Waals surface area (Å²) in [6.45, 7) is 1.62. The lowest BCUT2D eigenvalue weighted by atomic mass is 9.76. The second kappa shape index (κ2) is 6.96. The average Bonchev–Trinajstić information content (AvgIpc) is 2.59. The monoisotopic (exact) mass is 371 g/mol. The normalized spacial score (nSPS) is 13.9. The minimum atomic E-state index is -4.47. The van der Waals surface area contributed by atoms with Crippen LogP contribution in [0.4, 0.5) is 18.9 Å². The number of nitrogens with one attached hydrogen (secondary N) is 1. The molecule has 134 valence electrons. The number of alkyl halides is 3. The van der Waals surface area contributed by atoms with Gasteiger partial charge in [-0.1, -0.05) is 23.7 Å². The highest BCUT2D eigenvalue weighted by molar-refractivity contribution is 6.30. The van der Waals surface area contributed by atoms with E-state index in [1.807, 2.05) is 0 Å². The Labute approximate surface area is 148 Å². The van der Waals surface area contributed by atoms with Gasteiger partial charge in [-0.15, -0.1) is 0 Å². The molecule has 7 heteroatoms. The van der Waals surface area contributed by atoms with E-state index in [9.17, 15) is 18.0 Å². The zero-order chi connectivity index (χ0) is 18.8. The van der Waals surface area contributed by atoms with Crippen LogP contribution in [0.5, 0.6) is 5.75 Å². The van der Waals surface area contributed by atoms with Gasteiger partial charge in [0.2, 0.25) is 0 Å². The first-order valence-electron chi connectivity index (χ1n) is 7.37. The summed E-state index contributed by atoms with van der Waals surface area (Å²) in [6.07, 6.45) is -3.79. The number of halogens is 4. The van der Waals surface area contributed by atoms with Crippen molar-refractivity contribution in [1.82, 2.24) is 0 Å². The summed E-state index contributed by atoms with van der Waals surface area (Å²) in [7, 11) is 2.94. The van der Waals surface area contributed by atoms with Crippen molar-refractivity contribution in [3.63, 3.8) is 0 Å². The molecule has 2 aromatic rings. The number of hydrogen-bond donors (Lipinski definition) is 1. The number of rotatable bonds is 5. The van der Waals surface area contributed by atoms with Crippen molar-refractivity contribution in [1.29, 1.82) is 0 Å². The maximum absolute atomic E-state index is 13.0. The number of benzene rings is 2. The first kappa shape index (κ1) is 19.1. The van der Waals surface area contributed by atoms with E-state index >= 15 is 0 Å². The summed E-state index contributed by atoms with van der Waals surface area (Å²) in [5.41, 5.74) is -0.902. The lowest BCUT2D eigenvalue weighted by molar-refractivity contribution is -0.137. The van der Waals surface area contributed by atoms with Crippen LogP contribution in [0.25, 0.3) is 0 Å². The van der Waals surface area contributed by atoms with E-state index in [-0.39, 0.29) is 5.69 Å². The van der Waals surface area contributed by atoms with Gasteiger partial charge in [0, 0.05) is 23.3 Å². The third-order valence-electron chi connectivity index (χ3n) is 4.13. The van der Waals surface area contributed by atoms with E-state index in [4.69, 9.17) is 16.3 Å². The maximum atomic E-state index is 13.0. The van der Waals surface area contributed by atoms with Crippen LogP contribution in [0.1, 0.15) is 23.6 Å². The summed E-state index contributed by atoms with van der Waals surface area (Å²) >= 11 is 5.96. The molecule has 0 aromatic heterocycles. The topological polar surface area (TPSA) is 38.3 Å². The molecular formula is C18H17ClF3NO2. The predicted octanol–water partition coefficient (Wildman–Crippen LogP) is 4.91. The molecule has 1 N–H and O–H groups in total. The lowest BCUT2D eigenvalue weighted by Gasteiger charge is -2.29. The van der Waals surface area contributed by atoms with Gasteiger partial charge >= 0.3 is 6.18 Å². The molecule has 0 heterocycles.